The summed E-state index contributed by atoms with van der Waals surface area (Å²) >= 11 is 0. The van der Waals surface area contributed by atoms with Crippen LogP contribution >= 0.6 is 0 Å². The first-order valence-electron chi connectivity index (χ1n) is 7.32. The van der Waals surface area contributed by atoms with E-state index in [-0.39, 0.29) is 5.91 Å². The van der Waals surface area contributed by atoms with Crippen LogP contribution in [0.5, 0.6) is 0 Å². The predicted molar refractivity (Wildman–Crippen MR) is 75.4 cm³/mol. The Morgan fingerprint density at radius 1 is 1.48 bits per heavy atom. The first kappa shape index (κ1) is 13.8. The monoisotopic (exact) mass is 289 g/mol. The van der Waals surface area contributed by atoms with E-state index in [1.807, 2.05) is 24.6 Å². The summed E-state index contributed by atoms with van der Waals surface area (Å²) in [4.78, 5) is 11.6. The summed E-state index contributed by atoms with van der Waals surface area (Å²) in [5.74, 6) is 0.985. The number of rotatable bonds is 6. The van der Waals surface area contributed by atoms with Crippen LogP contribution in [0.2, 0.25) is 0 Å². The van der Waals surface area contributed by atoms with E-state index in [0.717, 1.165) is 30.8 Å². The molecule has 3 rings (SSSR count). The molecule has 0 aliphatic heterocycles. The lowest BCUT2D eigenvalue weighted by Gasteiger charge is -2.00. The van der Waals surface area contributed by atoms with Gasteiger partial charge in [0.05, 0.1) is 5.69 Å². The van der Waals surface area contributed by atoms with Crippen LogP contribution in [0.4, 0.5) is 0 Å². The third-order valence-corrected chi connectivity index (χ3v) is 3.40. The van der Waals surface area contributed by atoms with E-state index < -0.39 is 0 Å². The number of hydrogen-bond donors (Lipinski definition) is 1. The van der Waals surface area contributed by atoms with Crippen molar-refractivity contribution in [2.45, 2.75) is 52.1 Å². The fourth-order valence-electron chi connectivity index (χ4n) is 2.16. The molecular weight excluding hydrogens is 270 g/mol. The fourth-order valence-corrected chi connectivity index (χ4v) is 2.16. The molecule has 0 aromatic carbocycles. The summed E-state index contributed by atoms with van der Waals surface area (Å²) in [6.07, 6.45) is 3.03. The van der Waals surface area contributed by atoms with Crippen LogP contribution in [0, 0.1) is 6.92 Å². The first-order chi connectivity index (χ1) is 10.2. The Kier molecular flexibility index (Phi) is 3.72. The molecule has 1 saturated carbocycles. The minimum absolute atomic E-state index is 0.0479. The van der Waals surface area contributed by atoms with E-state index >= 15 is 0 Å². The van der Waals surface area contributed by atoms with Crippen LogP contribution in [0.25, 0.3) is 11.6 Å². The summed E-state index contributed by atoms with van der Waals surface area (Å²) in [5, 5.41) is 15.4. The number of carbonyl (C=O) groups excluding carboxylic acids is 1. The lowest BCUT2D eigenvalue weighted by atomic mass is 10.3. The Bertz CT molecular complexity index is 642. The number of nitrogens with zero attached hydrogens (tertiary/aromatic N) is 4. The van der Waals surface area contributed by atoms with Crippen LogP contribution in [0.1, 0.15) is 37.8 Å². The van der Waals surface area contributed by atoms with Crippen molar-refractivity contribution in [3.63, 3.8) is 0 Å². The van der Waals surface area contributed by atoms with Gasteiger partial charge in [0.1, 0.15) is 5.69 Å². The van der Waals surface area contributed by atoms with Crippen LogP contribution in [0.3, 0.4) is 0 Å². The summed E-state index contributed by atoms with van der Waals surface area (Å²) in [5.41, 5.74) is 1.73. The van der Waals surface area contributed by atoms with Gasteiger partial charge in [0.2, 0.25) is 11.8 Å². The number of hydrogen-bond acceptors (Lipinski definition) is 5. The summed E-state index contributed by atoms with van der Waals surface area (Å²) < 4.78 is 7.46. The maximum atomic E-state index is 11.6. The first-order valence-corrected chi connectivity index (χ1v) is 7.32. The van der Waals surface area contributed by atoms with Crippen molar-refractivity contribution in [2.75, 3.05) is 0 Å². The van der Waals surface area contributed by atoms with Crippen molar-refractivity contribution in [1.82, 2.24) is 25.3 Å². The van der Waals surface area contributed by atoms with Gasteiger partial charge in [0.25, 0.3) is 5.89 Å². The average Bonchev–Trinajstić information content (AvgIpc) is 3.01. The largest absolute Gasteiger partial charge is 0.419 e. The standard InChI is InChI=1S/C14H19N5O2/c1-3-19-11(8-9(2)18-19)14-17-16-13(21-14)7-6-12(20)15-10-4-5-10/h8,10H,3-7H2,1-2H3,(H,15,20). The zero-order chi connectivity index (χ0) is 14.8. The lowest BCUT2D eigenvalue weighted by molar-refractivity contribution is -0.121. The van der Waals surface area contributed by atoms with Crippen molar-refractivity contribution < 1.29 is 9.21 Å². The molecule has 1 amide bonds. The second-order valence-corrected chi connectivity index (χ2v) is 5.33. The topological polar surface area (TPSA) is 85.8 Å². The van der Waals surface area contributed by atoms with Gasteiger partial charge < -0.3 is 9.73 Å². The molecule has 0 saturated heterocycles. The van der Waals surface area contributed by atoms with Crippen molar-refractivity contribution in [1.29, 1.82) is 0 Å². The molecular formula is C14H19N5O2. The van der Waals surface area contributed by atoms with Gasteiger partial charge in [-0.2, -0.15) is 5.10 Å². The Morgan fingerprint density at radius 2 is 2.29 bits per heavy atom. The zero-order valence-corrected chi connectivity index (χ0v) is 12.3. The van der Waals surface area contributed by atoms with Gasteiger partial charge in [-0.15, -0.1) is 10.2 Å². The van der Waals surface area contributed by atoms with Gasteiger partial charge in [-0.3, -0.25) is 9.48 Å². The zero-order valence-electron chi connectivity index (χ0n) is 12.3. The molecule has 0 spiro atoms. The normalized spacial score (nSPS) is 14.4. The quantitative estimate of drug-likeness (QED) is 0.870. The van der Waals surface area contributed by atoms with E-state index in [1.165, 1.54) is 0 Å². The molecule has 2 aromatic rings. The minimum Gasteiger partial charge on any atom is -0.419 e. The summed E-state index contributed by atoms with van der Waals surface area (Å²) in [7, 11) is 0. The Morgan fingerprint density at radius 3 is 3.00 bits per heavy atom. The fraction of sp³-hybridized carbons (Fsp3) is 0.571. The highest BCUT2D eigenvalue weighted by Crippen LogP contribution is 2.20. The number of nitrogens with one attached hydrogen (secondary N) is 1. The SMILES string of the molecule is CCn1nc(C)cc1-c1nnc(CCC(=O)NC2CC2)o1. The lowest BCUT2D eigenvalue weighted by Crippen LogP contribution is -2.25. The van der Waals surface area contributed by atoms with Crippen LogP contribution in [-0.2, 0) is 17.8 Å². The van der Waals surface area contributed by atoms with Crippen molar-refractivity contribution in [3.05, 3.63) is 17.7 Å². The van der Waals surface area contributed by atoms with Gasteiger partial charge >= 0.3 is 0 Å². The number of carbonyl (C=O) groups is 1. The molecule has 1 aliphatic carbocycles. The Hall–Kier alpha value is -2.18. The van der Waals surface area contributed by atoms with Crippen molar-refractivity contribution in [3.8, 4) is 11.6 Å². The molecule has 7 nitrogen and oxygen atoms in total. The van der Waals surface area contributed by atoms with Crippen LogP contribution < -0.4 is 5.32 Å². The average molecular weight is 289 g/mol. The van der Waals surface area contributed by atoms with E-state index in [0.29, 0.717) is 30.7 Å². The van der Waals surface area contributed by atoms with E-state index in [1.54, 1.807) is 0 Å². The molecule has 2 heterocycles. The van der Waals surface area contributed by atoms with Gasteiger partial charge in [0.15, 0.2) is 0 Å². The molecule has 0 unspecified atom stereocenters. The molecule has 112 valence electrons. The summed E-state index contributed by atoms with van der Waals surface area (Å²) in [6.45, 7) is 4.68. The molecule has 1 N–H and O–H groups in total. The van der Waals surface area contributed by atoms with E-state index in [2.05, 4.69) is 20.6 Å². The van der Waals surface area contributed by atoms with Gasteiger partial charge in [-0.05, 0) is 32.8 Å². The molecule has 0 bridgehead atoms. The highest BCUT2D eigenvalue weighted by Gasteiger charge is 2.23. The van der Waals surface area contributed by atoms with Crippen LogP contribution in [0.15, 0.2) is 10.5 Å². The molecule has 0 atom stereocenters. The van der Waals surface area contributed by atoms with E-state index in [4.69, 9.17) is 4.42 Å². The van der Waals surface area contributed by atoms with E-state index in [9.17, 15) is 4.79 Å². The predicted octanol–water partition coefficient (Wildman–Crippen LogP) is 1.47. The maximum absolute atomic E-state index is 11.6. The second kappa shape index (κ2) is 5.67. The van der Waals surface area contributed by atoms with Gasteiger partial charge in [-0.1, -0.05) is 0 Å². The number of aryl methyl sites for hydroxylation is 3. The molecule has 1 fully saturated rings. The third-order valence-electron chi connectivity index (χ3n) is 3.40. The minimum atomic E-state index is 0.0479. The smallest absolute Gasteiger partial charge is 0.265 e. The van der Waals surface area contributed by atoms with Crippen LogP contribution in [-0.4, -0.2) is 31.9 Å². The van der Waals surface area contributed by atoms with Crippen molar-refractivity contribution >= 4 is 5.91 Å². The number of amides is 1. The second-order valence-electron chi connectivity index (χ2n) is 5.33. The van der Waals surface area contributed by atoms with Gasteiger partial charge in [0, 0.05) is 25.4 Å². The third kappa shape index (κ3) is 3.29. The van der Waals surface area contributed by atoms with Gasteiger partial charge in [-0.25, -0.2) is 0 Å². The number of aromatic nitrogens is 4. The van der Waals surface area contributed by atoms with Crippen molar-refractivity contribution in [2.24, 2.45) is 0 Å². The maximum Gasteiger partial charge on any atom is 0.265 e. The molecule has 1 aliphatic rings. The Balaban J connectivity index is 1.63. The molecule has 7 heteroatoms. The highest BCUT2D eigenvalue weighted by atomic mass is 16.4. The Labute approximate surface area is 122 Å². The highest BCUT2D eigenvalue weighted by molar-refractivity contribution is 5.76. The molecule has 0 radical (unpaired) electrons. The summed E-state index contributed by atoms with van der Waals surface area (Å²) in [6, 6.07) is 2.30. The molecule has 2 aromatic heterocycles. The molecule has 21 heavy (non-hydrogen) atoms.